The quantitative estimate of drug-likeness (QED) is 0.830. The summed E-state index contributed by atoms with van der Waals surface area (Å²) in [5.41, 5.74) is 0.0988. The normalized spacial score (nSPS) is 19.9. The molecule has 2 amide bonds. The van der Waals surface area contributed by atoms with Crippen LogP contribution in [0.25, 0.3) is 0 Å². The third-order valence-electron chi connectivity index (χ3n) is 4.77. The van der Waals surface area contributed by atoms with Crippen LogP contribution in [0.4, 0.5) is 4.39 Å². The fourth-order valence-electron chi connectivity index (χ4n) is 3.35. The molecule has 2 aliphatic rings. The average molecular weight is 334 g/mol. The van der Waals surface area contributed by atoms with Crippen molar-refractivity contribution in [1.29, 1.82) is 0 Å². The van der Waals surface area contributed by atoms with Crippen molar-refractivity contribution in [3.63, 3.8) is 0 Å². The highest BCUT2D eigenvalue weighted by atomic mass is 19.1. The van der Waals surface area contributed by atoms with Gasteiger partial charge in [0.2, 0.25) is 5.91 Å². The van der Waals surface area contributed by atoms with Gasteiger partial charge < -0.3 is 14.5 Å². The number of amides is 2. The molecule has 2 saturated heterocycles. The Morgan fingerprint density at radius 2 is 1.67 bits per heavy atom. The maximum absolute atomic E-state index is 13.8. The number of benzene rings is 1. The first-order valence-electron chi connectivity index (χ1n) is 8.57. The Hall–Kier alpha value is -1.95. The van der Waals surface area contributed by atoms with Crippen LogP contribution in [0.2, 0.25) is 0 Å². The van der Waals surface area contributed by atoms with Gasteiger partial charge in [0.15, 0.2) is 0 Å². The highest BCUT2D eigenvalue weighted by molar-refractivity contribution is 5.94. The summed E-state index contributed by atoms with van der Waals surface area (Å²) in [5, 5.41) is 0. The maximum atomic E-state index is 13.8. The molecule has 24 heavy (non-hydrogen) atoms. The minimum Gasteiger partial charge on any atom is -0.381 e. The molecule has 0 N–H and O–H groups in total. The first kappa shape index (κ1) is 16.9. The maximum Gasteiger partial charge on any atom is 0.256 e. The van der Waals surface area contributed by atoms with E-state index in [-0.39, 0.29) is 23.3 Å². The second-order valence-electron chi connectivity index (χ2n) is 6.34. The smallest absolute Gasteiger partial charge is 0.256 e. The molecule has 0 bridgehead atoms. The summed E-state index contributed by atoms with van der Waals surface area (Å²) in [4.78, 5) is 28.6. The van der Waals surface area contributed by atoms with E-state index >= 15 is 0 Å². The van der Waals surface area contributed by atoms with Gasteiger partial charge in [0.25, 0.3) is 5.91 Å². The second kappa shape index (κ2) is 7.75. The van der Waals surface area contributed by atoms with Gasteiger partial charge in [-0.25, -0.2) is 4.39 Å². The highest BCUT2D eigenvalue weighted by Crippen LogP contribution is 2.19. The molecule has 1 aromatic rings. The monoisotopic (exact) mass is 334 g/mol. The zero-order valence-electron chi connectivity index (χ0n) is 13.7. The van der Waals surface area contributed by atoms with Gasteiger partial charge in [-0.1, -0.05) is 12.1 Å². The van der Waals surface area contributed by atoms with Crippen molar-refractivity contribution in [3.8, 4) is 0 Å². The van der Waals surface area contributed by atoms with Gasteiger partial charge in [-0.3, -0.25) is 9.59 Å². The number of carbonyl (C=O) groups excluding carboxylic acids is 2. The Bertz CT molecular complexity index is 602. The van der Waals surface area contributed by atoms with Crippen LogP contribution in [0.5, 0.6) is 0 Å². The number of halogens is 1. The van der Waals surface area contributed by atoms with Crippen molar-refractivity contribution in [3.05, 3.63) is 35.6 Å². The van der Waals surface area contributed by atoms with E-state index in [2.05, 4.69) is 0 Å². The van der Waals surface area contributed by atoms with Crippen molar-refractivity contribution in [2.45, 2.75) is 19.3 Å². The number of hydrogen-bond donors (Lipinski definition) is 0. The highest BCUT2D eigenvalue weighted by Gasteiger charge is 2.29. The molecule has 0 saturated carbocycles. The van der Waals surface area contributed by atoms with Crippen LogP contribution in [0, 0.1) is 11.7 Å². The Morgan fingerprint density at radius 1 is 1.00 bits per heavy atom. The van der Waals surface area contributed by atoms with Crippen LogP contribution in [-0.4, -0.2) is 61.0 Å². The summed E-state index contributed by atoms with van der Waals surface area (Å²) in [7, 11) is 0. The molecule has 0 aromatic heterocycles. The molecule has 2 heterocycles. The number of nitrogens with zero attached hydrogens (tertiary/aromatic N) is 2. The zero-order chi connectivity index (χ0) is 16.9. The minimum atomic E-state index is -0.498. The van der Waals surface area contributed by atoms with Crippen molar-refractivity contribution in [2.75, 3.05) is 39.4 Å². The van der Waals surface area contributed by atoms with Gasteiger partial charge in [0.1, 0.15) is 5.82 Å². The van der Waals surface area contributed by atoms with E-state index in [1.807, 2.05) is 4.90 Å². The first-order valence-corrected chi connectivity index (χ1v) is 8.57. The lowest BCUT2D eigenvalue weighted by atomic mass is 9.98. The molecule has 2 aliphatic heterocycles. The summed E-state index contributed by atoms with van der Waals surface area (Å²) < 4.78 is 19.1. The summed E-state index contributed by atoms with van der Waals surface area (Å²) >= 11 is 0. The van der Waals surface area contributed by atoms with Crippen molar-refractivity contribution in [2.24, 2.45) is 5.92 Å². The Balaban J connectivity index is 1.61. The molecule has 0 atom stereocenters. The van der Waals surface area contributed by atoms with Gasteiger partial charge in [-0.2, -0.15) is 0 Å². The average Bonchev–Trinajstić information content (AvgIpc) is 2.88. The Labute approximate surface area is 141 Å². The predicted molar refractivity (Wildman–Crippen MR) is 87.0 cm³/mol. The van der Waals surface area contributed by atoms with Crippen LogP contribution < -0.4 is 0 Å². The number of hydrogen-bond acceptors (Lipinski definition) is 3. The lowest BCUT2D eigenvalue weighted by Crippen LogP contribution is -2.41. The molecular formula is C18H23FN2O3. The third kappa shape index (κ3) is 3.75. The molecule has 1 aromatic carbocycles. The number of rotatable bonds is 2. The van der Waals surface area contributed by atoms with Gasteiger partial charge in [0.05, 0.1) is 5.56 Å². The van der Waals surface area contributed by atoms with Gasteiger partial charge in [-0.05, 0) is 31.4 Å². The lowest BCUT2D eigenvalue weighted by Gasteiger charge is -2.28. The third-order valence-corrected chi connectivity index (χ3v) is 4.77. The van der Waals surface area contributed by atoms with E-state index in [1.54, 1.807) is 17.0 Å². The van der Waals surface area contributed by atoms with E-state index in [1.165, 1.54) is 12.1 Å². The number of ether oxygens (including phenoxy) is 1. The molecule has 0 radical (unpaired) electrons. The molecular weight excluding hydrogens is 311 g/mol. The topological polar surface area (TPSA) is 49.9 Å². The Morgan fingerprint density at radius 3 is 2.42 bits per heavy atom. The summed E-state index contributed by atoms with van der Waals surface area (Å²) in [6.45, 7) is 3.44. The number of carbonyl (C=O) groups is 2. The van der Waals surface area contributed by atoms with E-state index in [9.17, 15) is 14.0 Å². The van der Waals surface area contributed by atoms with E-state index in [0.29, 0.717) is 39.4 Å². The second-order valence-corrected chi connectivity index (χ2v) is 6.34. The van der Waals surface area contributed by atoms with Gasteiger partial charge in [-0.15, -0.1) is 0 Å². The molecule has 0 aliphatic carbocycles. The van der Waals surface area contributed by atoms with Crippen LogP contribution in [0.15, 0.2) is 24.3 Å². The SMILES string of the molecule is O=C(c1ccccc1F)N1CCCN(C(=O)C2CCOCC2)CC1. The van der Waals surface area contributed by atoms with Gasteiger partial charge >= 0.3 is 0 Å². The lowest BCUT2D eigenvalue weighted by molar-refractivity contribution is -0.138. The fourth-order valence-corrected chi connectivity index (χ4v) is 3.35. The van der Waals surface area contributed by atoms with Crippen molar-refractivity contribution >= 4 is 11.8 Å². The first-order chi connectivity index (χ1) is 11.7. The molecule has 5 nitrogen and oxygen atoms in total. The van der Waals surface area contributed by atoms with E-state index in [0.717, 1.165) is 19.3 Å². The molecule has 130 valence electrons. The van der Waals surface area contributed by atoms with Crippen LogP contribution in [0.3, 0.4) is 0 Å². The standard InChI is InChI=1S/C18H23FN2O3/c19-16-5-2-1-4-15(16)18(23)21-9-3-8-20(10-11-21)17(22)14-6-12-24-13-7-14/h1-2,4-5,14H,3,6-13H2. The van der Waals surface area contributed by atoms with Crippen LogP contribution in [-0.2, 0) is 9.53 Å². The molecule has 6 heteroatoms. The van der Waals surface area contributed by atoms with E-state index in [4.69, 9.17) is 4.74 Å². The fraction of sp³-hybridized carbons (Fsp3) is 0.556. The van der Waals surface area contributed by atoms with Crippen LogP contribution >= 0.6 is 0 Å². The summed E-state index contributed by atoms with van der Waals surface area (Å²) in [6.07, 6.45) is 2.26. The van der Waals surface area contributed by atoms with E-state index < -0.39 is 5.82 Å². The zero-order valence-corrected chi connectivity index (χ0v) is 13.7. The Kier molecular flexibility index (Phi) is 5.45. The largest absolute Gasteiger partial charge is 0.381 e. The molecule has 0 spiro atoms. The molecule has 2 fully saturated rings. The van der Waals surface area contributed by atoms with Crippen molar-refractivity contribution < 1.29 is 18.7 Å². The summed E-state index contributed by atoms with van der Waals surface area (Å²) in [5.74, 6) is -0.596. The van der Waals surface area contributed by atoms with Crippen LogP contribution in [0.1, 0.15) is 29.6 Å². The molecule has 3 rings (SSSR count). The van der Waals surface area contributed by atoms with Crippen molar-refractivity contribution in [1.82, 2.24) is 9.80 Å². The van der Waals surface area contributed by atoms with Gasteiger partial charge in [0, 0.05) is 45.3 Å². The summed E-state index contributed by atoms with van der Waals surface area (Å²) in [6, 6.07) is 6.04. The predicted octanol–water partition coefficient (Wildman–Crippen LogP) is 1.93. The minimum absolute atomic E-state index is 0.0348. The molecule has 0 unspecified atom stereocenters.